The van der Waals surface area contributed by atoms with Gasteiger partial charge in [0.2, 0.25) is 5.91 Å². The number of ether oxygens (including phenoxy) is 2. The monoisotopic (exact) mass is 374 g/mol. The number of methoxy groups -OCH3 is 2. The fourth-order valence-corrected chi connectivity index (χ4v) is 3.92. The molecule has 0 radical (unpaired) electrons. The molecule has 0 saturated heterocycles. The number of nitrogens with zero attached hydrogens (tertiary/aromatic N) is 1. The zero-order chi connectivity index (χ0) is 18.4. The zero-order valence-corrected chi connectivity index (χ0v) is 16.2. The van der Waals surface area contributed by atoms with Crippen LogP contribution in [0.1, 0.15) is 28.8 Å². The van der Waals surface area contributed by atoms with Gasteiger partial charge in [-0.15, -0.1) is 11.3 Å². The van der Waals surface area contributed by atoms with Crippen LogP contribution >= 0.6 is 11.3 Å². The zero-order valence-electron chi connectivity index (χ0n) is 15.4. The van der Waals surface area contributed by atoms with Crippen LogP contribution in [-0.2, 0) is 24.3 Å². The Morgan fingerprint density at radius 3 is 2.69 bits per heavy atom. The van der Waals surface area contributed by atoms with Gasteiger partial charge in [-0.3, -0.25) is 4.79 Å². The first kappa shape index (κ1) is 18.7. The minimum atomic E-state index is 0.225. The Bertz CT molecular complexity index is 731. The minimum Gasteiger partial charge on any atom is -0.493 e. The van der Waals surface area contributed by atoms with Gasteiger partial charge in [-0.25, -0.2) is 0 Å². The van der Waals surface area contributed by atoms with Crippen molar-refractivity contribution in [1.82, 2.24) is 10.2 Å². The van der Waals surface area contributed by atoms with E-state index in [9.17, 15) is 4.79 Å². The van der Waals surface area contributed by atoms with Gasteiger partial charge in [0.05, 0.1) is 14.2 Å². The first-order valence-electron chi connectivity index (χ1n) is 8.96. The lowest BCUT2D eigenvalue weighted by Crippen LogP contribution is -2.36. The molecule has 26 heavy (non-hydrogen) atoms. The average molecular weight is 375 g/mol. The lowest BCUT2D eigenvalue weighted by atomic mass is 9.98. The van der Waals surface area contributed by atoms with E-state index in [1.165, 1.54) is 10.4 Å². The Balaban J connectivity index is 1.47. The summed E-state index contributed by atoms with van der Waals surface area (Å²) >= 11 is 1.75. The fraction of sp³-hybridized carbons (Fsp3) is 0.450. The summed E-state index contributed by atoms with van der Waals surface area (Å²) < 4.78 is 10.8. The quantitative estimate of drug-likeness (QED) is 0.721. The summed E-state index contributed by atoms with van der Waals surface area (Å²) in [6.07, 6.45) is 2.30. The van der Waals surface area contributed by atoms with Gasteiger partial charge >= 0.3 is 0 Å². The molecule has 0 aliphatic carbocycles. The third-order valence-corrected chi connectivity index (χ3v) is 5.57. The van der Waals surface area contributed by atoms with Gasteiger partial charge in [0, 0.05) is 30.9 Å². The van der Waals surface area contributed by atoms with Gasteiger partial charge in [-0.05, 0) is 54.1 Å². The molecule has 3 rings (SSSR count). The second-order valence-electron chi connectivity index (χ2n) is 6.40. The summed E-state index contributed by atoms with van der Waals surface area (Å²) in [6.45, 7) is 3.16. The highest BCUT2D eigenvalue weighted by molar-refractivity contribution is 7.09. The van der Waals surface area contributed by atoms with Crippen molar-refractivity contribution >= 4 is 17.2 Å². The standard InChI is InChI=1S/C20H26N2O3S/c1-24-18-11-15-7-9-22(14-16(15)12-19(18)25-2)20(23)6-3-8-21-13-17-5-4-10-26-17/h4-5,10-12,21H,3,6-9,13-14H2,1-2H3. The molecule has 6 heteroatoms. The molecule has 1 aliphatic heterocycles. The predicted octanol–water partition coefficient (Wildman–Crippen LogP) is 3.22. The second-order valence-corrected chi connectivity index (χ2v) is 7.43. The third kappa shape index (κ3) is 4.56. The number of hydrogen-bond acceptors (Lipinski definition) is 5. The maximum Gasteiger partial charge on any atom is 0.222 e. The van der Waals surface area contributed by atoms with Crippen molar-refractivity contribution in [2.75, 3.05) is 27.3 Å². The first-order chi connectivity index (χ1) is 12.7. The van der Waals surface area contributed by atoms with Crippen LogP contribution in [0, 0.1) is 0 Å². The van der Waals surface area contributed by atoms with Crippen molar-refractivity contribution in [2.45, 2.75) is 32.4 Å². The highest BCUT2D eigenvalue weighted by Crippen LogP contribution is 2.33. The van der Waals surface area contributed by atoms with Gasteiger partial charge < -0.3 is 19.7 Å². The van der Waals surface area contributed by atoms with Crippen LogP contribution in [0.5, 0.6) is 11.5 Å². The molecule has 0 spiro atoms. The van der Waals surface area contributed by atoms with Crippen molar-refractivity contribution in [1.29, 1.82) is 0 Å². The van der Waals surface area contributed by atoms with E-state index >= 15 is 0 Å². The summed E-state index contributed by atoms with van der Waals surface area (Å²) in [5.74, 6) is 1.70. The van der Waals surface area contributed by atoms with Crippen LogP contribution in [0.15, 0.2) is 29.6 Å². The molecule has 1 aromatic carbocycles. The fourth-order valence-electron chi connectivity index (χ4n) is 3.24. The number of rotatable bonds is 8. The highest BCUT2D eigenvalue weighted by Gasteiger charge is 2.22. The maximum absolute atomic E-state index is 12.5. The van der Waals surface area contributed by atoms with Crippen molar-refractivity contribution < 1.29 is 14.3 Å². The number of hydrogen-bond donors (Lipinski definition) is 1. The van der Waals surface area contributed by atoms with E-state index in [1.807, 2.05) is 17.0 Å². The van der Waals surface area contributed by atoms with E-state index in [-0.39, 0.29) is 5.91 Å². The van der Waals surface area contributed by atoms with E-state index < -0.39 is 0 Å². The van der Waals surface area contributed by atoms with Crippen LogP contribution in [0.4, 0.5) is 0 Å². The molecule has 1 aliphatic rings. The van der Waals surface area contributed by atoms with E-state index in [1.54, 1.807) is 25.6 Å². The van der Waals surface area contributed by atoms with Gasteiger partial charge in [-0.1, -0.05) is 6.07 Å². The molecular formula is C20H26N2O3S. The molecule has 0 saturated carbocycles. The average Bonchev–Trinajstić information content (AvgIpc) is 3.19. The largest absolute Gasteiger partial charge is 0.493 e. The van der Waals surface area contributed by atoms with Crippen LogP contribution in [0.25, 0.3) is 0 Å². The first-order valence-corrected chi connectivity index (χ1v) is 9.84. The number of nitrogens with one attached hydrogen (secondary N) is 1. The molecule has 2 heterocycles. The van der Waals surface area contributed by atoms with Gasteiger partial charge in [0.15, 0.2) is 11.5 Å². The second kappa shape index (κ2) is 9.05. The number of fused-ring (bicyclic) bond motifs is 1. The summed E-state index contributed by atoms with van der Waals surface area (Å²) in [5.41, 5.74) is 2.39. The van der Waals surface area contributed by atoms with E-state index in [0.29, 0.717) is 13.0 Å². The lowest BCUT2D eigenvalue weighted by Gasteiger charge is -2.29. The summed E-state index contributed by atoms with van der Waals surface area (Å²) in [4.78, 5) is 15.8. The molecule has 1 aromatic heterocycles. The molecule has 1 N–H and O–H groups in total. The van der Waals surface area contributed by atoms with Crippen molar-refractivity contribution in [2.24, 2.45) is 0 Å². The lowest BCUT2D eigenvalue weighted by molar-refractivity contribution is -0.132. The van der Waals surface area contributed by atoms with Crippen molar-refractivity contribution in [3.63, 3.8) is 0 Å². The van der Waals surface area contributed by atoms with E-state index in [0.717, 1.165) is 49.5 Å². The van der Waals surface area contributed by atoms with E-state index in [4.69, 9.17) is 9.47 Å². The molecule has 0 unspecified atom stereocenters. The minimum absolute atomic E-state index is 0.225. The highest BCUT2D eigenvalue weighted by atomic mass is 32.1. The molecule has 2 aromatic rings. The Morgan fingerprint density at radius 2 is 2.00 bits per heavy atom. The van der Waals surface area contributed by atoms with Gasteiger partial charge in [0.25, 0.3) is 0 Å². The van der Waals surface area contributed by atoms with Gasteiger partial charge in [-0.2, -0.15) is 0 Å². The SMILES string of the molecule is COc1cc2c(cc1OC)CN(C(=O)CCCNCc1cccs1)CC2. The van der Waals surface area contributed by atoms with Gasteiger partial charge in [0.1, 0.15) is 0 Å². The number of thiophene rings is 1. The molecular weight excluding hydrogens is 348 g/mol. The molecule has 0 fully saturated rings. The van der Waals surface area contributed by atoms with Crippen LogP contribution < -0.4 is 14.8 Å². The Kier molecular flexibility index (Phi) is 6.52. The topological polar surface area (TPSA) is 50.8 Å². The molecule has 1 amide bonds. The maximum atomic E-state index is 12.5. The van der Waals surface area contributed by atoms with Crippen LogP contribution in [-0.4, -0.2) is 38.1 Å². The number of carbonyl (C=O) groups is 1. The summed E-state index contributed by atoms with van der Waals surface area (Å²) in [6, 6.07) is 8.21. The molecule has 140 valence electrons. The summed E-state index contributed by atoms with van der Waals surface area (Å²) in [7, 11) is 3.29. The van der Waals surface area contributed by atoms with Crippen molar-refractivity contribution in [3.05, 3.63) is 45.6 Å². The van der Waals surface area contributed by atoms with Crippen LogP contribution in [0.2, 0.25) is 0 Å². The van der Waals surface area contributed by atoms with Crippen molar-refractivity contribution in [3.8, 4) is 11.5 Å². The van der Waals surface area contributed by atoms with Crippen LogP contribution in [0.3, 0.4) is 0 Å². The Labute approximate surface area is 158 Å². The summed E-state index contributed by atoms with van der Waals surface area (Å²) in [5, 5.41) is 5.48. The number of carbonyl (C=O) groups excluding carboxylic acids is 1. The predicted molar refractivity (Wildman–Crippen MR) is 104 cm³/mol. The normalized spacial score (nSPS) is 13.4. The Morgan fingerprint density at radius 1 is 1.23 bits per heavy atom. The molecule has 0 atom stereocenters. The molecule has 5 nitrogen and oxygen atoms in total. The molecule has 0 bridgehead atoms. The number of amides is 1. The Hall–Kier alpha value is -2.05. The smallest absolute Gasteiger partial charge is 0.222 e. The third-order valence-electron chi connectivity index (χ3n) is 4.69. The van der Waals surface area contributed by atoms with E-state index in [2.05, 4.69) is 22.8 Å². The number of benzene rings is 1.